The molecule has 0 aliphatic carbocycles. The highest BCUT2D eigenvalue weighted by Gasteiger charge is 2.36. The number of nitrogens with zero attached hydrogens (tertiary/aromatic N) is 4. The van der Waals surface area contributed by atoms with Crippen molar-refractivity contribution < 1.29 is 22.4 Å². The molecule has 4 heteroatoms. The van der Waals surface area contributed by atoms with Crippen LogP contribution in [0.4, 0.5) is 0 Å². The van der Waals surface area contributed by atoms with Crippen molar-refractivity contribution in [2.75, 3.05) is 0 Å². The Balaban J connectivity index is 0.000000227. The smallest absolute Gasteiger partial charge is 0.201 e. The highest BCUT2D eigenvalue weighted by atomic mass is 14.9. The summed E-state index contributed by atoms with van der Waals surface area (Å²) in [5, 5.41) is 0. The number of benzene rings is 4. The summed E-state index contributed by atoms with van der Waals surface area (Å²) >= 11 is 0. The third kappa shape index (κ3) is 17.6. The van der Waals surface area contributed by atoms with Crippen LogP contribution in [0.15, 0.2) is 128 Å². The van der Waals surface area contributed by atoms with E-state index in [2.05, 4.69) is 329 Å². The minimum atomic E-state index is -2.06. The van der Waals surface area contributed by atoms with Gasteiger partial charge < -0.3 is 0 Å². The summed E-state index contributed by atoms with van der Waals surface area (Å²) in [6, 6.07) is 37.0. The van der Waals surface area contributed by atoms with Gasteiger partial charge in [-0.2, -0.15) is 0 Å². The largest absolute Gasteiger partial charge is 0.212 e. The van der Waals surface area contributed by atoms with Gasteiger partial charge in [0, 0.05) is 72.9 Å². The Hall–Kier alpha value is -6.52. The zero-order valence-corrected chi connectivity index (χ0v) is 63.2. The lowest BCUT2D eigenvalue weighted by Gasteiger charge is -2.32. The minimum Gasteiger partial charge on any atom is -0.201 e. The Bertz CT molecular complexity index is 3940. The average Bonchev–Trinajstić information content (AvgIpc) is 0.784. The van der Waals surface area contributed by atoms with E-state index in [9.17, 15) is 0 Å². The molecular weight excluding hydrogens is 1100 g/mol. The molecule has 0 N–H and O–H groups in total. The molecule has 0 saturated heterocycles. The lowest BCUT2D eigenvalue weighted by molar-refractivity contribution is -0.661. The lowest BCUT2D eigenvalue weighted by Crippen LogP contribution is -2.37. The Labute approximate surface area is 561 Å². The van der Waals surface area contributed by atoms with Crippen molar-refractivity contribution in [3.05, 3.63) is 211 Å². The van der Waals surface area contributed by atoms with E-state index in [0.717, 1.165) is 55.3 Å². The summed E-state index contributed by atoms with van der Waals surface area (Å²) in [4.78, 5) is 0. The topological polar surface area (TPSA) is 15.5 Å². The number of pyridine rings is 4. The van der Waals surface area contributed by atoms with Gasteiger partial charge in [-0.05, 0) is 202 Å². The van der Waals surface area contributed by atoms with Crippen LogP contribution in [0.25, 0.3) is 45.0 Å². The van der Waals surface area contributed by atoms with Crippen LogP contribution < -0.4 is 18.3 Å². The third-order valence-electron chi connectivity index (χ3n) is 21.4. The monoisotopic (exact) mass is 1230 g/mol. The van der Waals surface area contributed by atoms with Gasteiger partial charge in [0.15, 0.2) is 24.8 Å². The predicted molar refractivity (Wildman–Crippen MR) is 395 cm³/mol. The molecule has 0 aliphatic heterocycles. The van der Waals surface area contributed by atoms with E-state index in [1.807, 2.05) is 13.0 Å². The maximum atomic E-state index is 7.57. The van der Waals surface area contributed by atoms with Gasteiger partial charge in [-0.1, -0.05) is 196 Å². The number of hydrogen-bond donors (Lipinski definition) is 0. The molecule has 91 heavy (non-hydrogen) atoms. The molecule has 4 nitrogen and oxygen atoms in total. The van der Waals surface area contributed by atoms with Gasteiger partial charge in [0.2, 0.25) is 22.8 Å². The predicted octanol–water partition coefficient (Wildman–Crippen LogP) is 21.6. The molecule has 0 spiro atoms. The SMILES string of the molecule is CCC(C)(C)c1c[n+](C)c(-c2ccc(C)cc2C)cc1C.CCC(C)(C)c1cc(-c2ccc(C)cc2C)[n+](C)cc1C(C)(C)CC.CCC(C)(C)c1cc(-c2ccccc2C)[n+](C)cc1C(C)(C)CC.[2H]C([2H])([2H])c1ccc(-c2cc(C)c(C(C)(C)CC)c[n+]2C)c(C)c1. The van der Waals surface area contributed by atoms with E-state index in [-0.39, 0.29) is 32.5 Å². The Morgan fingerprint density at radius 1 is 0.275 bits per heavy atom. The molecule has 0 unspecified atom stereocenters. The Morgan fingerprint density at radius 3 is 0.824 bits per heavy atom. The summed E-state index contributed by atoms with van der Waals surface area (Å²) in [5.74, 6) is 0. The summed E-state index contributed by atoms with van der Waals surface area (Å²) in [6.45, 7) is 57.0. The second-order valence-electron chi connectivity index (χ2n) is 30.8. The van der Waals surface area contributed by atoms with Gasteiger partial charge >= 0.3 is 0 Å². The zero-order valence-electron chi connectivity index (χ0n) is 66.2. The van der Waals surface area contributed by atoms with Crippen molar-refractivity contribution >= 4 is 0 Å². The van der Waals surface area contributed by atoms with E-state index < -0.39 is 6.85 Å². The van der Waals surface area contributed by atoms with Crippen molar-refractivity contribution in [2.45, 2.75) is 258 Å². The van der Waals surface area contributed by atoms with Crippen molar-refractivity contribution in [3.8, 4) is 45.0 Å². The number of aromatic nitrogens is 4. The van der Waals surface area contributed by atoms with Crippen LogP contribution in [-0.4, -0.2) is 0 Å². The molecule has 0 radical (unpaired) electrons. The number of rotatable bonds is 16. The van der Waals surface area contributed by atoms with Crippen LogP contribution in [0.1, 0.15) is 251 Å². The second kappa shape index (κ2) is 30.0. The summed E-state index contributed by atoms with van der Waals surface area (Å²) in [6.07, 6.45) is 16.1. The molecule has 0 saturated carbocycles. The van der Waals surface area contributed by atoms with Crippen LogP contribution in [0.2, 0.25) is 0 Å². The van der Waals surface area contributed by atoms with Crippen molar-refractivity contribution in [2.24, 2.45) is 28.2 Å². The highest BCUT2D eigenvalue weighted by Crippen LogP contribution is 2.41. The molecular formula is C87H126N4+4. The van der Waals surface area contributed by atoms with Crippen LogP contribution in [0, 0.1) is 62.2 Å². The van der Waals surface area contributed by atoms with Crippen molar-refractivity contribution in [1.29, 1.82) is 0 Å². The molecule has 4 aromatic carbocycles. The van der Waals surface area contributed by atoms with Crippen LogP contribution in [0.3, 0.4) is 0 Å². The first-order valence-corrected chi connectivity index (χ1v) is 34.3. The molecule has 490 valence electrons. The van der Waals surface area contributed by atoms with Gasteiger partial charge in [-0.25, -0.2) is 18.3 Å². The first-order chi connectivity index (χ1) is 43.4. The third-order valence-corrected chi connectivity index (χ3v) is 21.4. The molecule has 0 aliphatic rings. The molecule has 4 heterocycles. The van der Waals surface area contributed by atoms with Gasteiger partial charge in [-0.15, -0.1) is 0 Å². The lowest BCUT2D eigenvalue weighted by atomic mass is 9.71. The average molecular weight is 1230 g/mol. The summed E-state index contributed by atoms with van der Waals surface area (Å²) < 4.78 is 31.8. The molecule has 0 bridgehead atoms. The van der Waals surface area contributed by atoms with Crippen molar-refractivity contribution in [3.63, 3.8) is 0 Å². The summed E-state index contributed by atoms with van der Waals surface area (Å²) in [5.41, 5.74) is 30.6. The van der Waals surface area contributed by atoms with E-state index in [4.69, 9.17) is 4.11 Å². The Morgan fingerprint density at radius 2 is 0.527 bits per heavy atom. The van der Waals surface area contributed by atoms with E-state index in [0.29, 0.717) is 5.56 Å². The molecule has 0 atom stereocenters. The number of aryl methyl sites for hydroxylation is 13. The first kappa shape index (κ1) is 70.4. The molecule has 8 aromatic rings. The fourth-order valence-electron chi connectivity index (χ4n) is 12.6. The van der Waals surface area contributed by atoms with Gasteiger partial charge in [0.05, 0.1) is 0 Å². The fourth-order valence-corrected chi connectivity index (χ4v) is 12.6. The van der Waals surface area contributed by atoms with Crippen molar-refractivity contribution in [1.82, 2.24) is 0 Å². The van der Waals surface area contributed by atoms with Crippen LogP contribution >= 0.6 is 0 Å². The van der Waals surface area contributed by atoms with Gasteiger partial charge in [0.1, 0.15) is 28.2 Å². The maximum Gasteiger partial charge on any atom is 0.212 e. The minimum absolute atomic E-state index is 0.139. The number of hydrogen-bond acceptors (Lipinski definition) is 0. The normalized spacial score (nSPS) is 12.8. The Kier molecular flexibility index (Phi) is 23.2. The molecule has 0 amide bonds. The van der Waals surface area contributed by atoms with Gasteiger partial charge in [0.25, 0.3) is 0 Å². The van der Waals surface area contributed by atoms with Crippen LogP contribution in [0.5, 0.6) is 0 Å². The molecule has 0 fully saturated rings. The highest BCUT2D eigenvalue weighted by molar-refractivity contribution is 5.66. The van der Waals surface area contributed by atoms with E-state index in [1.165, 1.54) is 106 Å². The standard InChI is InChI=1S/C24H36N.C23H34N.2C20H28N/c1-10-23(5,6)20-15-22(19-13-12-17(3)14-18(19)4)25(9)16-21(20)24(7,8)11-2;1-9-22(4,5)19-15-21(18-14-12-11-13-17(18)3)24(8)16-20(19)23(6,7)10-2;2*1-8-20(5,6)18-13-21(7)19(12-16(18)4)17-10-9-14(2)11-15(17)3/h12-16H,10-11H2,1-9H3;11-16H,9-10H2,1-8H3;2*9-13H,8H2,1-7H3/q4*+1/i;;2D3;. The fraction of sp³-hybridized carbons (Fsp3) is 0.494. The second-order valence-corrected chi connectivity index (χ2v) is 30.8. The molecule has 4 aromatic heterocycles. The zero-order chi connectivity index (χ0) is 71.2. The maximum absolute atomic E-state index is 7.57. The van der Waals surface area contributed by atoms with E-state index >= 15 is 0 Å². The van der Waals surface area contributed by atoms with Gasteiger partial charge in [-0.3, -0.25) is 0 Å². The molecule has 8 rings (SSSR count). The summed E-state index contributed by atoms with van der Waals surface area (Å²) in [7, 11) is 8.58. The van der Waals surface area contributed by atoms with Crippen LogP contribution in [-0.2, 0) is 60.7 Å². The first-order valence-electron chi connectivity index (χ1n) is 35.8. The van der Waals surface area contributed by atoms with E-state index in [1.54, 1.807) is 12.1 Å². The quantitative estimate of drug-likeness (QED) is 0.0857.